The highest BCUT2D eigenvalue weighted by atomic mass is 19.1. The lowest BCUT2D eigenvalue weighted by Gasteiger charge is -2.19. The fourth-order valence-corrected chi connectivity index (χ4v) is 14.2. The average Bonchev–Trinajstić information content (AvgIpc) is 1.73. The molecule has 0 spiro atoms. The molecule has 8 fully saturated rings. The topological polar surface area (TPSA) is 236 Å². The van der Waals surface area contributed by atoms with E-state index in [2.05, 4.69) is 83.1 Å². The molecule has 600 valence electrons. The zero-order chi connectivity index (χ0) is 77.9. The summed E-state index contributed by atoms with van der Waals surface area (Å²) < 4.78 is 98.8. The first-order chi connectivity index (χ1) is 45.9. The van der Waals surface area contributed by atoms with E-state index in [1.54, 1.807) is 0 Å². The van der Waals surface area contributed by atoms with Gasteiger partial charge < -0.3 is 78.7 Å². The summed E-state index contributed by atoms with van der Waals surface area (Å²) in [5, 5.41) is 76.8. The van der Waals surface area contributed by atoms with Crippen LogP contribution in [-0.4, -0.2) is 212 Å². The van der Waals surface area contributed by atoms with E-state index in [4.69, 9.17) is 37.9 Å². The number of alkyl halides is 4. The van der Waals surface area contributed by atoms with Crippen molar-refractivity contribution in [3.05, 3.63) is 0 Å². The number of hydrogen-bond donors (Lipinski definition) is 8. The number of aliphatic hydroxyl groups is 8. The molecule has 8 rings (SSSR count). The minimum Gasteiger partial charge on any atom is -0.390 e. The summed E-state index contributed by atoms with van der Waals surface area (Å²) in [5.74, 6) is 4.88. The molecule has 0 radical (unpaired) electrons. The van der Waals surface area contributed by atoms with Crippen molar-refractivity contribution in [3.8, 4) is 0 Å². The van der Waals surface area contributed by atoms with E-state index in [0.29, 0.717) is 47.7 Å². The van der Waals surface area contributed by atoms with E-state index in [1.807, 2.05) is 138 Å². The van der Waals surface area contributed by atoms with Gasteiger partial charge >= 0.3 is 0 Å². The van der Waals surface area contributed by atoms with Crippen LogP contribution in [0.5, 0.6) is 0 Å². The lowest BCUT2D eigenvalue weighted by molar-refractivity contribution is -0.0340. The number of ether oxygens (including phenoxy) is 8. The maximum atomic E-state index is 13.5. The van der Waals surface area contributed by atoms with Gasteiger partial charge in [-0.15, -0.1) is 0 Å². The van der Waals surface area contributed by atoms with Gasteiger partial charge in [-0.3, -0.25) is 0 Å². The molecule has 8 N–H and O–H groups in total. The Kier molecular flexibility index (Phi) is 43.8. The third kappa shape index (κ3) is 28.9. The predicted molar refractivity (Wildman–Crippen MR) is 393 cm³/mol. The lowest BCUT2D eigenvalue weighted by atomic mass is 9.96. The molecule has 0 saturated carbocycles. The maximum absolute atomic E-state index is 13.5. The second-order valence-electron chi connectivity index (χ2n) is 35.6. The normalized spacial score (nSPS) is 38.8. The molecule has 0 bridgehead atoms. The molecular weight excluding hydrogens is 1290 g/mol. The Hall–Kier alpha value is -0.920. The third-order valence-corrected chi connectivity index (χ3v) is 20.8. The van der Waals surface area contributed by atoms with Gasteiger partial charge in [-0.2, -0.15) is 0 Å². The van der Waals surface area contributed by atoms with Gasteiger partial charge in [0.1, 0.15) is 36.6 Å². The molecule has 8 saturated heterocycles. The average molecular weight is 1450 g/mol. The molecule has 20 heteroatoms. The molecule has 0 unspecified atom stereocenters. The fourth-order valence-electron chi connectivity index (χ4n) is 14.2. The number of hydrogen-bond acceptors (Lipinski definition) is 16. The zero-order valence-corrected chi connectivity index (χ0v) is 68.6. The second-order valence-corrected chi connectivity index (χ2v) is 35.6. The Balaban J connectivity index is 0.000000572. The summed E-state index contributed by atoms with van der Waals surface area (Å²) in [5.41, 5.74) is 0. The van der Waals surface area contributed by atoms with E-state index < -0.39 is 85.7 Å². The van der Waals surface area contributed by atoms with Gasteiger partial charge in [0.2, 0.25) is 0 Å². The molecule has 100 heavy (non-hydrogen) atoms. The van der Waals surface area contributed by atoms with Crippen LogP contribution >= 0.6 is 0 Å². The Morgan fingerprint density at radius 2 is 0.350 bits per heavy atom. The molecule has 28 atom stereocenters. The van der Waals surface area contributed by atoms with Crippen molar-refractivity contribution in [3.63, 3.8) is 0 Å². The van der Waals surface area contributed by atoms with Crippen molar-refractivity contribution in [2.45, 2.75) is 418 Å². The summed E-state index contributed by atoms with van der Waals surface area (Å²) in [7, 11) is 0. The Labute approximate surface area is 606 Å². The third-order valence-electron chi connectivity index (χ3n) is 20.8. The lowest BCUT2D eigenvalue weighted by Crippen LogP contribution is -2.35. The van der Waals surface area contributed by atoms with Crippen LogP contribution in [0, 0.1) is 94.7 Å². The van der Waals surface area contributed by atoms with Gasteiger partial charge in [0, 0.05) is 12.8 Å². The number of halogens is 4. The van der Waals surface area contributed by atoms with E-state index in [-0.39, 0.29) is 132 Å². The molecule has 0 amide bonds. The Morgan fingerprint density at radius 3 is 0.450 bits per heavy atom. The molecular formula is C80H156F4O16. The summed E-state index contributed by atoms with van der Waals surface area (Å²) in [6.45, 7) is 64.6. The van der Waals surface area contributed by atoms with Crippen molar-refractivity contribution in [2.24, 2.45) is 94.7 Å². The van der Waals surface area contributed by atoms with Crippen molar-refractivity contribution in [2.75, 3.05) is 0 Å². The second kappa shape index (κ2) is 45.2. The molecule has 0 aromatic heterocycles. The van der Waals surface area contributed by atoms with Crippen LogP contribution in [0.2, 0.25) is 0 Å². The molecule has 8 heterocycles. The van der Waals surface area contributed by atoms with E-state index in [0.717, 1.165) is 12.8 Å². The van der Waals surface area contributed by atoms with Crippen molar-refractivity contribution in [1.82, 2.24) is 0 Å². The number of aliphatic hydroxyl groups excluding tert-OH is 8. The van der Waals surface area contributed by atoms with Crippen LogP contribution < -0.4 is 0 Å². The molecule has 0 aliphatic carbocycles. The van der Waals surface area contributed by atoms with Crippen molar-refractivity contribution in [1.29, 1.82) is 0 Å². The minimum atomic E-state index is -1.23. The van der Waals surface area contributed by atoms with Crippen molar-refractivity contribution < 1.29 is 96.3 Å². The monoisotopic (exact) mass is 1450 g/mol. The van der Waals surface area contributed by atoms with Gasteiger partial charge in [0.15, 0.2) is 24.7 Å². The standard InChI is InChI=1S/4C10H19FO2.C10H20O3.2C10H20O2.C10H20O/c5*1-5(2)9-7(11)8(12)10(13-9)6(3)4;2*1-6(2)9-5-8(11)10(12-9)7(3)4;1-7(2)9-5-6-10(11-9)8(3)4/h4*5-10,12H,1-4H3;5-12H,1-4H3;2*6-11H,5H2,1-4H3;7-10H,5-6H2,1-4H3/t2*7-,8+,9+,10-;2*7-,8-,9-,10+;7-,8+,9+,10-;2*8-,9+,10+;9-,10+/m1010.10./s1. The van der Waals surface area contributed by atoms with Crippen molar-refractivity contribution >= 4 is 0 Å². The van der Waals surface area contributed by atoms with E-state index in [9.17, 15) is 58.4 Å². The molecule has 0 aromatic carbocycles. The molecule has 8 aliphatic heterocycles. The summed E-state index contributed by atoms with van der Waals surface area (Å²) >= 11 is 0. The first-order valence-electron chi connectivity index (χ1n) is 39.1. The Morgan fingerprint density at radius 1 is 0.190 bits per heavy atom. The quantitative estimate of drug-likeness (QED) is 0.0671. The summed E-state index contributed by atoms with van der Waals surface area (Å²) in [6, 6.07) is 0. The summed E-state index contributed by atoms with van der Waals surface area (Å²) in [4.78, 5) is 0. The largest absolute Gasteiger partial charge is 0.390 e. The first kappa shape index (κ1) is 97.1. The molecule has 8 aliphatic rings. The van der Waals surface area contributed by atoms with Crippen LogP contribution in [0.4, 0.5) is 17.6 Å². The van der Waals surface area contributed by atoms with Gasteiger partial charge in [0.25, 0.3) is 0 Å². The highest BCUT2D eigenvalue weighted by Gasteiger charge is 2.50. The Bertz CT molecular complexity index is 1760. The maximum Gasteiger partial charge on any atom is 0.155 e. The van der Waals surface area contributed by atoms with Gasteiger partial charge in [0.05, 0.1) is 110 Å². The predicted octanol–water partition coefficient (Wildman–Crippen LogP) is 14.3. The van der Waals surface area contributed by atoms with Crippen LogP contribution in [0.25, 0.3) is 0 Å². The van der Waals surface area contributed by atoms with Gasteiger partial charge in [-0.1, -0.05) is 222 Å². The van der Waals surface area contributed by atoms with E-state index in [1.165, 1.54) is 12.8 Å². The molecule has 16 nitrogen and oxygen atoms in total. The smallest absolute Gasteiger partial charge is 0.155 e. The first-order valence-corrected chi connectivity index (χ1v) is 39.1. The van der Waals surface area contributed by atoms with Gasteiger partial charge in [-0.05, 0) is 108 Å². The highest BCUT2D eigenvalue weighted by molar-refractivity contribution is 4.98. The van der Waals surface area contributed by atoms with E-state index >= 15 is 0 Å². The van der Waals surface area contributed by atoms with Crippen LogP contribution in [-0.2, 0) is 37.9 Å². The van der Waals surface area contributed by atoms with Crippen LogP contribution in [0.3, 0.4) is 0 Å². The van der Waals surface area contributed by atoms with Gasteiger partial charge in [-0.25, -0.2) is 17.6 Å². The number of rotatable bonds is 16. The zero-order valence-electron chi connectivity index (χ0n) is 68.6. The summed E-state index contributed by atoms with van der Waals surface area (Å²) in [6.07, 6.45) is -8.45. The molecule has 0 aromatic rings. The highest BCUT2D eigenvalue weighted by Crippen LogP contribution is 2.38. The minimum absolute atomic E-state index is 0.0531. The fraction of sp³-hybridized carbons (Fsp3) is 1.00. The van der Waals surface area contributed by atoms with Crippen LogP contribution in [0.1, 0.15) is 247 Å². The SMILES string of the molecule is CC(C)[C@@H]1CC[C@H](C(C)C)O1.CC(C)[C@@H]1C[C@@H](O)[C@H](C(C)C)O1.CC(C)[C@H]1O[C@@H](C(C)C)C[C@@H]1O.CC(C)[C@H]1O[C@@H](C(C)C)[C@@H](F)[C@@H]1O.CC(C)[C@H]1O[C@@H](C(C)C)[C@H](F)[C@@H]1O.CC(C)[C@H]1O[C@@H](C(C)C)[C@H](O)[C@@H]1F.CC(C)[C@H]1O[C@@H](C(C)C)[C@H](O)[C@@H]1O.CC(C)[C@H]1O[C@@H](C(C)C)[C@H](O)[C@H]1F. The van der Waals surface area contributed by atoms with Crippen LogP contribution in [0.15, 0.2) is 0 Å².